The van der Waals surface area contributed by atoms with Crippen LogP contribution in [0.2, 0.25) is 0 Å². The molecule has 0 amide bonds. The van der Waals surface area contributed by atoms with Gasteiger partial charge in [0.2, 0.25) is 0 Å². The molecule has 1 N–H and O–H groups in total. The van der Waals surface area contributed by atoms with E-state index in [2.05, 4.69) is 21.2 Å². The van der Waals surface area contributed by atoms with E-state index in [0.29, 0.717) is 12.0 Å². The standard InChI is InChI=1S/C14H19BrClNO/c15-12-2-1-3-13(10-12)18-9-8-17-11-14(4-5-14)6-7-16/h1-3,10,17H,4-9,11H2. The van der Waals surface area contributed by atoms with Gasteiger partial charge in [0.05, 0.1) is 0 Å². The lowest BCUT2D eigenvalue weighted by molar-refractivity contribution is 0.305. The number of hydrogen-bond acceptors (Lipinski definition) is 2. The summed E-state index contributed by atoms with van der Waals surface area (Å²) in [6, 6.07) is 7.93. The van der Waals surface area contributed by atoms with Crippen molar-refractivity contribution in [2.45, 2.75) is 19.3 Å². The highest BCUT2D eigenvalue weighted by Crippen LogP contribution is 2.48. The van der Waals surface area contributed by atoms with Crippen molar-refractivity contribution in [3.63, 3.8) is 0 Å². The highest BCUT2D eigenvalue weighted by molar-refractivity contribution is 9.10. The van der Waals surface area contributed by atoms with Crippen LogP contribution >= 0.6 is 27.5 Å². The van der Waals surface area contributed by atoms with Crippen molar-refractivity contribution in [3.05, 3.63) is 28.7 Å². The second-order valence-electron chi connectivity index (χ2n) is 4.92. The number of hydrogen-bond donors (Lipinski definition) is 1. The van der Waals surface area contributed by atoms with Gasteiger partial charge in [-0.1, -0.05) is 22.0 Å². The van der Waals surface area contributed by atoms with Gasteiger partial charge in [-0.2, -0.15) is 0 Å². The Kier molecular flexibility index (Phi) is 5.34. The predicted octanol–water partition coefficient (Wildman–Crippen LogP) is 3.83. The van der Waals surface area contributed by atoms with Gasteiger partial charge in [-0.25, -0.2) is 0 Å². The van der Waals surface area contributed by atoms with Gasteiger partial charge in [0.1, 0.15) is 12.4 Å². The molecule has 0 atom stereocenters. The SMILES string of the molecule is ClCCC1(CNCCOc2cccc(Br)c2)CC1. The summed E-state index contributed by atoms with van der Waals surface area (Å²) in [4.78, 5) is 0. The Hall–Kier alpha value is -0.250. The molecule has 0 saturated heterocycles. The molecule has 18 heavy (non-hydrogen) atoms. The van der Waals surface area contributed by atoms with Crippen molar-refractivity contribution in [2.24, 2.45) is 5.41 Å². The summed E-state index contributed by atoms with van der Waals surface area (Å²) in [5, 5.41) is 3.46. The van der Waals surface area contributed by atoms with Crippen LogP contribution in [0.5, 0.6) is 5.75 Å². The topological polar surface area (TPSA) is 21.3 Å². The lowest BCUT2D eigenvalue weighted by atomic mass is 10.0. The van der Waals surface area contributed by atoms with Crippen molar-refractivity contribution < 1.29 is 4.74 Å². The molecule has 2 rings (SSSR count). The molecular formula is C14H19BrClNO. The van der Waals surface area contributed by atoms with E-state index in [1.807, 2.05) is 24.3 Å². The molecule has 0 spiro atoms. The maximum absolute atomic E-state index is 5.80. The van der Waals surface area contributed by atoms with Crippen molar-refractivity contribution in [2.75, 3.05) is 25.6 Å². The number of benzene rings is 1. The Bertz CT molecular complexity index is 382. The third-order valence-electron chi connectivity index (χ3n) is 3.43. The molecule has 1 aliphatic rings. The molecule has 0 aliphatic heterocycles. The maximum atomic E-state index is 5.80. The van der Waals surface area contributed by atoms with Crippen LogP contribution in [0.15, 0.2) is 28.7 Å². The first-order valence-corrected chi connectivity index (χ1v) is 7.72. The van der Waals surface area contributed by atoms with Crippen molar-refractivity contribution in [1.29, 1.82) is 0 Å². The average Bonchev–Trinajstić information content (AvgIpc) is 3.09. The van der Waals surface area contributed by atoms with Gasteiger partial charge >= 0.3 is 0 Å². The van der Waals surface area contributed by atoms with Crippen molar-refractivity contribution >= 4 is 27.5 Å². The quantitative estimate of drug-likeness (QED) is 0.577. The summed E-state index contributed by atoms with van der Waals surface area (Å²) in [6.07, 6.45) is 3.77. The molecule has 1 fully saturated rings. The summed E-state index contributed by atoms with van der Waals surface area (Å²) in [5.74, 6) is 1.68. The van der Waals surface area contributed by atoms with Crippen molar-refractivity contribution in [3.8, 4) is 5.75 Å². The highest BCUT2D eigenvalue weighted by Gasteiger charge is 2.40. The number of nitrogens with one attached hydrogen (secondary N) is 1. The number of halogens is 2. The molecule has 0 radical (unpaired) electrons. The van der Waals surface area contributed by atoms with Gasteiger partial charge in [-0.3, -0.25) is 0 Å². The Morgan fingerprint density at radius 3 is 2.89 bits per heavy atom. The fraction of sp³-hybridized carbons (Fsp3) is 0.571. The Balaban J connectivity index is 1.59. The largest absolute Gasteiger partial charge is 0.492 e. The zero-order valence-corrected chi connectivity index (χ0v) is 12.8. The summed E-state index contributed by atoms with van der Waals surface area (Å²) >= 11 is 9.23. The van der Waals surface area contributed by atoms with E-state index in [1.165, 1.54) is 12.8 Å². The van der Waals surface area contributed by atoms with E-state index in [9.17, 15) is 0 Å². The fourth-order valence-corrected chi connectivity index (χ4v) is 2.82. The molecule has 0 heterocycles. The molecule has 1 aromatic carbocycles. The predicted molar refractivity (Wildman–Crippen MR) is 79.5 cm³/mol. The van der Waals surface area contributed by atoms with Gasteiger partial charge in [0, 0.05) is 23.4 Å². The van der Waals surface area contributed by atoms with Crippen LogP contribution in [0, 0.1) is 5.41 Å². The molecule has 1 saturated carbocycles. The van der Waals surface area contributed by atoms with E-state index in [1.54, 1.807) is 0 Å². The van der Waals surface area contributed by atoms with Crippen LogP contribution in [-0.4, -0.2) is 25.6 Å². The normalized spacial score (nSPS) is 16.6. The minimum Gasteiger partial charge on any atom is -0.492 e. The fourth-order valence-electron chi connectivity index (χ4n) is 2.04. The van der Waals surface area contributed by atoms with Gasteiger partial charge in [0.15, 0.2) is 0 Å². The lowest BCUT2D eigenvalue weighted by Crippen LogP contribution is -2.28. The molecule has 1 aromatic rings. The van der Waals surface area contributed by atoms with E-state index < -0.39 is 0 Å². The molecule has 0 unspecified atom stereocenters. The van der Waals surface area contributed by atoms with Crippen LogP contribution in [-0.2, 0) is 0 Å². The van der Waals surface area contributed by atoms with Gasteiger partial charge in [-0.05, 0) is 42.9 Å². The first kappa shape index (κ1) is 14.2. The minimum absolute atomic E-state index is 0.498. The van der Waals surface area contributed by atoms with Crippen LogP contribution in [0.1, 0.15) is 19.3 Å². The van der Waals surface area contributed by atoms with Crippen LogP contribution in [0.4, 0.5) is 0 Å². The molecule has 100 valence electrons. The van der Waals surface area contributed by atoms with E-state index >= 15 is 0 Å². The van der Waals surface area contributed by atoms with Gasteiger partial charge < -0.3 is 10.1 Å². The number of ether oxygens (including phenoxy) is 1. The molecule has 0 bridgehead atoms. The zero-order chi connectivity index (χ0) is 12.8. The highest BCUT2D eigenvalue weighted by atomic mass is 79.9. The second kappa shape index (κ2) is 6.78. The third-order valence-corrected chi connectivity index (χ3v) is 4.11. The summed E-state index contributed by atoms with van der Waals surface area (Å²) in [6.45, 7) is 2.66. The minimum atomic E-state index is 0.498. The van der Waals surface area contributed by atoms with E-state index in [4.69, 9.17) is 16.3 Å². The average molecular weight is 333 g/mol. The van der Waals surface area contributed by atoms with E-state index in [0.717, 1.165) is 35.6 Å². The molecule has 0 aromatic heterocycles. The first-order valence-electron chi connectivity index (χ1n) is 6.39. The summed E-state index contributed by atoms with van der Waals surface area (Å²) in [5.41, 5.74) is 0.498. The van der Waals surface area contributed by atoms with Crippen LogP contribution in [0.25, 0.3) is 0 Å². The maximum Gasteiger partial charge on any atom is 0.120 e. The van der Waals surface area contributed by atoms with Crippen LogP contribution < -0.4 is 10.1 Å². The number of alkyl halides is 1. The first-order chi connectivity index (χ1) is 8.74. The Labute approximate surface area is 122 Å². The second-order valence-corrected chi connectivity index (χ2v) is 6.22. The molecular weight excluding hydrogens is 314 g/mol. The van der Waals surface area contributed by atoms with Crippen LogP contribution in [0.3, 0.4) is 0 Å². The summed E-state index contributed by atoms with van der Waals surface area (Å²) < 4.78 is 6.71. The van der Waals surface area contributed by atoms with Gasteiger partial charge in [-0.15, -0.1) is 11.6 Å². The van der Waals surface area contributed by atoms with Gasteiger partial charge in [0.25, 0.3) is 0 Å². The Morgan fingerprint density at radius 1 is 1.39 bits per heavy atom. The lowest BCUT2D eigenvalue weighted by Gasteiger charge is -2.14. The molecule has 4 heteroatoms. The smallest absolute Gasteiger partial charge is 0.120 e. The summed E-state index contributed by atoms with van der Waals surface area (Å²) in [7, 11) is 0. The Morgan fingerprint density at radius 2 is 2.22 bits per heavy atom. The third kappa shape index (κ3) is 4.45. The molecule has 1 aliphatic carbocycles. The number of rotatable bonds is 8. The molecule has 2 nitrogen and oxygen atoms in total. The van der Waals surface area contributed by atoms with Crippen molar-refractivity contribution in [1.82, 2.24) is 5.32 Å². The monoisotopic (exact) mass is 331 g/mol. The zero-order valence-electron chi connectivity index (χ0n) is 10.4. The van der Waals surface area contributed by atoms with E-state index in [-0.39, 0.29) is 0 Å².